The molecular formula is C17H21F3N4O2. The van der Waals surface area contributed by atoms with Crippen LogP contribution in [0.4, 0.5) is 19.0 Å². The Morgan fingerprint density at radius 1 is 1.35 bits per heavy atom. The Morgan fingerprint density at radius 2 is 2.08 bits per heavy atom. The van der Waals surface area contributed by atoms with E-state index in [-0.39, 0.29) is 17.9 Å². The van der Waals surface area contributed by atoms with E-state index < -0.39 is 6.36 Å². The van der Waals surface area contributed by atoms with E-state index in [9.17, 15) is 13.2 Å². The summed E-state index contributed by atoms with van der Waals surface area (Å²) in [5.41, 5.74) is 6.57. The third-order valence-corrected chi connectivity index (χ3v) is 4.16. The van der Waals surface area contributed by atoms with Gasteiger partial charge in [-0.3, -0.25) is 4.57 Å². The Hall–Kier alpha value is -2.42. The average molecular weight is 370 g/mol. The molecule has 1 aliphatic heterocycles. The number of anilines is 1. The maximum atomic E-state index is 12.2. The van der Waals surface area contributed by atoms with Crippen molar-refractivity contribution in [2.24, 2.45) is 0 Å². The average Bonchev–Trinajstić information content (AvgIpc) is 2.92. The van der Waals surface area contributed by atoms with Crippen molar-refractivity contribution in [3.8, 4) is 11.8 Å². The second-order valence-corrected chi connectivity index (χ2v) is 6.22. The van der Waals surface area contributed by atoms with Crippen LogP contribution in [0.2, 0.25) is 0 Å². The molecule has 3 N–H and O–H groups in total. The molecule has 1 aromatic carbocycles. The highest BCUT2D eigenvalue weighted by Gasteiger charge is 2.31. The van der Waals surface area contributed by atoms with E-state index in [0.29, 0.717) is 24.9 Å². The second kappa shape index (κ2) is 7.45. The summed E-state index contributed by atoms with van der Waals surface area (Å²) in [6.07, 6.45) is -1.17. The molecule has 0 saturated heterocycles. The van der Waals surface area contributed by atoms with Gasteiger partial charge in [0.25, 0.3) is 6.01 Å². The normalized spacial score (nSPS) is 19.7. The van der Waals surface area contributed by atoms with Crippen molar-refractivity contribution in [3.05, 3.63) is 36.0 Å². The van der Waals surface area contributed by atoms with E-state index in [0.717, 1.165) is 18.4 Å². The highest BCUT2D eigenvalue weighted by atomic mass is 19.4. The predicted molar refractivity (Wildman–Crippen MR) is 89.7 cm³/mol. The molecule has 9 heteroatoms. The second-order valence-electron chi connectivity index (χ2n) is 6.22. The summed E-state index contributed by atoms with van der Waals surface area (Å²) in [5.74, 6) is 0.181. The highest BCUT2D eigenvalue weighted by Crippen LogP contribution is 2.25. The van der Waals surface area contributed by atoms with Crippen LogP contribution in [-0.4, -0.2) is 28.1 Å². The first kappa shape index (κ1) is 18.4. The van der Waals surface area contributed by atoms with Gasteiger partial charge >= 0.3 is 6.36 Å². The van der Waals surface area contributed by atoms with Gasteiger partial charge in [0, 0.05) is 13.1 Å². The van der Waals surface area contributed by atoms with Gasteiger partial charge in [0.1, 0.15) is 17.7 Å². The molecule has 142 valence electrons. The van der Waals surface area contributed by atoms with Crippen molar-refractivity contribution in [3.63, 3.8) is 0 Å². The van der Waals surface area contributed by atoms with Crippen LogP contribution in [-0.2, 0) is 13.1 Å². The third kappa shape index (κ3) is 4.60. The summed E-state index contributed by atoms with van der Waals surface area (Å²) in [6.45, 7) is 3.24. The number of hydrogen-bond donors (Lipinski definition) is 2. The summed E-state index contributed by atoms with van der Waals surface area (Å²) in [4.78, 5) is 4.16. The number of benzene rings is 1. The van der Waals surface area contributed by atoms with Crippen molar-refractivity contribution in [2.45, 2.75) is 51.4 Å². The Labute approximate surface area is 149 Å². The topological polar surface area (TPSA) is 74.3 Å². The van der Waals surface area contributed by atoms with E-state index in [1.165, 1.54) is 12.1 Å². The Morgan fingerprint density at radius 3 is 2.73 bits per heavy atom. The fourth-order valence-electron chi connectivity index (χ4n) is 2.99. The minimum atomic E-state index is -4.68. The Kier molecular flexibility index (Phi) is 5.26. The minimum absolute atomic E-state index is 0.0397. The summed E-state index contributed by atoms with van der Waals surface area (Å²) in [5, 5.41) is 3.41. The smallest absolute Gasteiger partial charge is 0.460 e. The molecule has 2 heterocycles. The van der Waals surface area contributed by atoms with Gasteiger partial charge in [-0.05, 0) is 24.1 Å². The largest absolute Gasteiger partial charge is 0.573 e. The number of ether oxygens (including phenoxy) is 2. The first-order valence-corrected chi connectivity index (χ1v) is 8.41. The van der Waals surface area contributed by atoms with Crippen LogP contribution < -0.4 is 20.5 Å². The molecule has 6 nitrogen and oxygen atoms in total. The molecule has 0 aliphatic carbocycles. The maximum Gasteiger partial charge on any atom is 0.573 e. The molecule has 0 amide bonds. The first-order valence-electron chi connectivity index (χ1n) is 8.41. The summed E-state index contributed by atoms with van der Waals surface area (Å²) in [6, 6.07) is 6.38. The summed E-state index contributed by atoms with van der Waals surface area (Å²) in [7, 11) is 0. The fourth-order valence-corrected chi connectivity index (χ4v) is 2.99. The number of halogens is 3. The first-order chi connectivity index (χ1) is 12.3. The number of alkyl halides is 3. The highest BCUT2D eigenvalue weighted by molar-refractivity contribution is 5.30. The van der Waals surface area contributed by atoms with E-state index in [2.05, 4.69) is 22.0 Å². The van der Waals surface area contributed by atoms with Crippen LogP contribution >= 0.6 is 0 Å². The third-order valence-electron chi connectivity index (χ3n) is 4.16. The number of nitrogens with two attached hydrogens (primary N) is 1. The SMILES string of the molecule is CCC[C@@H]1Oc2nc(N)cn2C[C@@H]1NCc1ccc(OC(F)(F)F)cc1. The molecule has 0 unspecified atom stereocenters. The van der Waals surface area contributed by atoms with Gasteiger partial charge in [-0.15, -0.1) is 13.2 Å². The lowest BCUT2D eigenvalue weighted by atomic mass is 10.0. The van der Waals surface area contributed by atoms with Crippen molar-refractivity contribution in [2.75, 3.05) is 5.73 Å². The molecule has 0 saturated carbocycles. The zero-order chi connectivity index (χ0) is 18.7. The number of nitrogen functional groups attached to an aromatic ring is 1. The number of hydrogen-bond acceptors (Lipinski definition) is 5. The van der Waals surface area contributed by atoms with Gasteiger partial charge in [-0.1, -0.05) is 25.5 Å². The number of fused-ring (bicyclic) bond motifs is 1. The number of imidazole rings is 1. The molecule has 1 aromatic heterocycles. The van der Waals surface area contributed by atoms with Gasteiger partial charge in [-0.2, -0.15) is 4.98 Å². The number of nitrogens with one attached hydrogen (secondary N) is 1. The standard InChI is InChI=1S/C17H21F3N4O2/c1-2-3-14-13(9-24-10-15(21)23-16(24)25-14)22-8-11-4-6-12(7-5-11)26-17(18,19)20/h4-7,10,13-14,22H,2-3,8-9,21H2,1H3/t13-,14-/m0/s1. The van der Waals surface area contributed by atoms with Crippen LogP contribution in [0.15, 0.2) is 30.5 Å². The van der Waals surface area contributed by atoms with Crippen molar-refractivity contribution in [1.29, 1.82) is 0 Å². The number of aromatic nitrogens is 2. The molecule has 3 rings (SSSR count). The fraction of sp³-hybridized carbons (Fsp3) is 0.471. The van der Waals surface area contributed by atoms with Gasteiger partial charge in [-0.25, -0.2) is 0 Å². The van der Waals surface area contributed by atoms with Gasteiger partial charge in [0.15, 0.2) is 0 Å². The quantitative estimate of drug-likeness (QED) is 0.817. The summed E-state index contributed by atoms with van der Waals surface area (Å²) < 4.78 is 48.3. The van der Waals surface area contributed by atoms with E-state index in [1.54, 1.807) is 18.3 Å². The molecule has 1 aliphatic rings. The Bertz CT molecular complexity index is 731. The number of nitrogens with zero attached hydrogens (tertiary/aromatic N) is 2. The molecule has 0 spiro atoms. The summed E-state index contributed by atoms with van der Waals surface area (Å²) >= 11 is 0. The molecule has 2 atom stereocenters. The minimum Gasteiger partial charge on any atom is -0.460 e. The van der Waals surface area contributed by atoms with Crippen LogP contribution in [0.25, 0.3) is 0 Å². The zero-order valence-electron chi connectivity index (χ0n) is 14.3. The predicted octanol–water partition coefficient (Wildman–Crippen LogP) is 3.08. The lowest BCUT2D eigenvalue weighted by Crippen LogP contribution is -2.48. The molecule has 26 heavy (non-hydrogen) atoms. The molecule has 0 radical (unpaired) electrons. The van der Waals surface area contributed by atoms with Crippen LogP contribution in [0.3, 0.4) is 0 Å². The van der Waals surface area contributed by atoms with Crippen LogP contribution in [0.1, 0.15) is 25.3 Å². The van der Waals surface area contributed by atoms with E-state index in [1.807, 2.05) is 4.57 Å². The molecule has 0 fully saturated rings. The molecule has 0 bridgehead atoms. The van der Waals surface area contributed by atoms with Crippen molar-refractivity contribution < 1.29 is 22.6 Å². The van der Waals surface area contributed by atoms with E-state index in [4.69, 9.17) is 10.5 Å². The Balaban J connectivity index is 1.62. The zero-order valence-corrected chi connectivity index (χ0v) is 14.3. The lowest BCUT2D eigenvalue weighted by Gasteiger charge is -2.33. The van der Waals surface area contributed by atoms with E-state index >= 15 is 0 Å². The van der Waals surface area contributed by atoms with Crippen molar-refractivity contribution in [1.82, 2.24) is 14.9 Å². The van der Waals surface area contributed by atoms with Gasteiger partial charge in [0.2, 0.25) is 0 Å². The maximum absolute atomic E-state index is 12.2. The van der Waals surface area contributed by atoms with Crippen LogP contribution in [0, 0.1) is 0 Å². The monoisotopic (exact) mass is 370 g/mol. The lowest BCUT2D eigenvalue weighted by molar-refractivity contribution is -0.274. The number of rotatable bonds is 6. The van der Waals surface area contributed by atoms with Gasteiger partial charge in [0.05, 0.1) is 12.2 Å². The van der Waals surface area contributed by atoms with Gasteiger partial charge < -0.3 is 20.5 Å². The van der Waals surface area contributed by atoms with Crippen molar-refractivity contribution >= 4 is 5.82 Å². The van der Waals surface area contributed by atoms with Crippen LogP contribution in [0.5, 0.6) is 11.8 Å². The molecule has 2 aromatic rings. The molecular weight excluding hydrogens is 349 g/mol.